The second-order valence-electron chi connectivity index (χ2n) is 6.84. The first-order valence-electron chi connectivity index (χ1n) is 8.44. The Labute approximate surface area is 138 Å². The summed E-state index contributed by atoms with van der Waals surface area (Å²) in [6, 6.07) is 7.03. The van der Waals surface area contributed by atoms with Gasteiger partial charge in [-0.25, -0.2) is 0 Å². The molecule has 1 aliphatic rings. The molecule has 0 radical (unpaired) electrons. The zero-order valence-corrected chi connectivity index (χ0v) is 14.2. The summed E-state index contributed by atoms with van der Waals surface area (Å²) in [6.07, 6.45) is 3.71. The highest BCUT2D eigenvalue weighted by atomic mass is 16.2. The molecule has 1 saturated carbocycles. The average Bonchev–Trinajstić information content (AvgIpc) is 2.52. The molecular weight excluding hydrogens is 290 g/mol. The molecule has 0 heterocycles. The summed E-state index contributed by atoms with van der Waals surface area (Å²) in [5, 5.41) is 5.10. The SMILES string of the molecule is C[C@@H]1[C@H](C)CCC[C@@H]1[NH2+][C@@H](C)C(=O)Nc1ccc(C(N)=O)cc1. The lowest BCUT2D eigenvalue weighted by Crippen LogP contribution is -2.97. The van der Waals surface area contributed by atoms with E-state index >= 15 is 0 Å². The molecule has 1 aromatic rings. The van der Waals surface area contributed by atoms with E-state index in [0.717, 1.165) is 5.92 Å². The number of hydrogen-bond acceptors (Lipinski definition) is 2. The van der Waals surface area contributed by atoms with E-state index in [2.05, 4.69) is 24.5 Å². The van der Waals surface area contributed by atoms with Gasteiger partial charge in [0.2, 0.25) is 5.91 Å². The Morgan fingerprint density at radius 2 is 1.87 bits per heavy atom. The number of primary amides is 1. The molecule has 5 heteroatoms. The monoisotopic (exact) mass is 318 g/mol. The highest BCUT2D eigenvalue weighted by Gasteiger charge is 2.32. The van der Waals surface area contributed by atoms with E-state index in [1.807, 2.05) is 6.92 Å². The van der Waals surface area contributed by atoms with Gasteiger partial charge < -0.3 is 16.4 Å². The minimum absolute atomic E-state index is 0.0118. The minimum atomic E-state index is -0.468. The van der Waals surface area contributed by atoms with Crippen molar-refractivity contribution in [3.05, 3.63) is 29.8 Å². The molecule has 0 aliphatic heterocycles. The Morgan fingerprint density at radius 3 is 2.48 bits per heavy atom. The molecule has 1 fully saturated rings. The smallest absolute Gasteiger partial charge is 0.282 e. The van der Waals surface area contributed by atoms with Crippen molar-refractivity contribution in [1.82, 2.24) is 0 Å². The summed E-state index contributed by atoms with van der Waals surface area (Å²) in [4.78, 5) is 23.4. The van der Waals surface area contributed by atoms with E-state index < -0.39 is 5.91 Å². The van der Waals surface area contributed by atoms with Crippen LogP contribution in [0.2, 0.25) is 0 Å². The van der Waals surface area contributed by atoms with Gasteiger partial charge in [0.15, 0.2) is 6.04 Å². The van der Waals surface area contributed by atoms with Crippen LogP contribution in [0.4, 0.5) is 5.69 Å². The number of benzene rings is 1. The summed E-state index contributed by atoms with van der Waals surface area (Å²) < 4.78 is 0. The van der Waals surface area contributed by atoms with Gasteiger partial charge in [-0.05, 0) is 56.4 Å². The highest BCUT2D eigenvalue weighted by Crippen LogP contribution is 2.27. The van der Waals surface area contributed by atoms with Gasteiger partial charge in [-0.3, -0.25) is 9.59 Å². The molecule has 0 spiro atoms. The molecule has 126 valence electrons. The Hall–Kier alpha value is -1.88. The summed E-state index contributed by atoms with van der Waals surface area (Å²) in [7, 11) is 0. The van der Waals surface area contributed by atoms with Crippen molar-refractivity contribution in [2.24, 2.45) is 17.6 Å². The van der Waals surface area contributed by atoms with Gasteiger partial charge in [0.25, 0.3) is 5.91 Å². The first-order chi connectivity index (χ1) is 10.9. The molecule has 0 saturated heterocycles. The van der Waals surface area contributed by atoms with Crippen molar-refractivity contribution in [3.63, 3.8) is 0 Å². The number of carbonyl (C=O) groups excluding carboxylic acids is 2. The van der Waals surface area contributed by atoms with Crippen molar-refractivity contribution in [1.29, 1.82) is 0 Å². The molecular formula is C18H28N3O2+. The molecule has 2 amide bonds. The van der Waals surface area contributed by atoms with Gasteiger partial charge in [0.05, 0.1) is 6.04 Å². The number of hydrogen-bond donors (Lipinski definition) is 3. The lowest BCUT2D eigenvalue weighted by molar-refractivity contribution is -0.715. The van der Waals surface area contributed by atoms with E-state index in [4.69, 9.17) is 5.73 Å². The van der Waals surface area contributed by atoms with Gasteiger partial charge in [0.1, 0.15) is 0 Å². The summed E-state index contributed by atoms with van der Waals surface area (Å²) >= 11 is 0. The number of quaternary nitrogens is 1. The van der Waals surface area contributed by atoms with Gasteiger partial charge in [-0.1, -0.05) is 13.8 Å². The summed E-state index contributed by atoms with van der Waals surface area (Å²) in [5.41, 5.74) is 6.33. The topological polar surface area (TPSA) is 88.8 Å². The number of carbonyl (C=O) groups is 2. The highest BCUT2D eigenvalue weighted by molar-refractivity contribution is 5.95. The Balaban J connectivity index is 1.90. The normalized spacial score (nSPS) is 25.6. The van der Waals surface area contributed by atoms with Crippen LogP contribution in [0, 0.1) is 11.8 Å². The van der Waals surface area contributed by atoms with E-state index in [9.17, 15) is 9.59 Å². The van der Waals surface area contributed by atoms with E-state index in [-0.39, 0.29) is 11.9 Å². The molecule has 0 unspecified atom stereocenters. The first kappa shape index (κ1) is 17.5. The van der Waals surface area contributed by atoms with Crippen LogP contribution < -0.4 is 16.4 Å². The van der Waals surface area contributed by atoms with E-state index in [0.29, 0.717) is 23.2 Å². The number of amides is 2. The number of rotatable bonds is 5. The summed E-state index contributed by atoms with van der Waals surface area (Å²) in [5.74, 6) is 0.877. The van der Waals surface area contributed by atoms with Crippen molar-refractivity contribution in [3.8, 4) is 0 Å². The number of anilines is 1. The van der Waals surface area contributed by atoms with Crippen molar-refractivity contribution < 1.29 is 14.9 Å². The molecule has 23 heavy (non-hydrogen) atoms. The van der Waals surface area contributed by atoms with Gasteiger partial charge in [-0.15, -0.1) is 0 Å². The first-order valence-corrected chi connectivity index (χ1v) is 8.44. The van der Waals surface area contributed by atoms with Crippen LogP contribution in [0.25, 0.3) is 0 Å². The Kier molecular flexibility index (Phi) is 5.77. The van der Waals surface area contributed by atoms with Crippen LogP contribution in [0.3, 0.4) is 0 Å². The number of nitrogens with two attached hydrogens (primary N) is 2. The van der Waals surface area contributed by atoms with Crippen molar-refractivity contribution in [2.45, 2.75) is 52.1 Å². The van der Waals surface area contributed by atoms with Crippen LogP contribution in [0.5, 0.6) is 0 Å². The third kappa shape index (κ3) is 4.55. The largest absolute Gasteiger partial charge is 0.366 e. The molecule has 5 nitrogen and oxygen atoms in total. The third-order valence-electron chi connectivity index (χ3n) is 5.16. The second-order valence-corrected chi connectivity index (χ2v) is 6.84. The molecule has 4 atom stereocenters. The van der Waals surface area contributed by atoms with E-state index in [1.165, 1.54) is 19.3 Å². The molecule has 1 aliphatic carbocycles. The Bertz CT molecular complexity index is 556. The molecule has 2 rings (SSSR count). The van der Waals surface area contributed by atoms with Gasteiger partial charge in [-0.2, -0.15) is 0 Å². The fraction of sp³-hybridized carbons (Fsp3) is 0.556. The van der Waals surface area contributed by atoms with Crippen LogP contribution in [-0.2, 0) is 4.79 Å². The standard InChI is InChI=1S/C18H27N3O2/c1-11-5-4-6-16(12(11)2)20-13(3)18(23)21-15-9-7-14(8-10-15)17(19)22/h7-13,16,20H,4-6H2,1-3H3,(H2,19,22)(H,21,23)/p+1/t11-,12-,13+,16+/m1/s1. The fourth-order valence-corrected chi connectivity index (χ4v) is 3.33. The zero-order chi connectivity index (χ0) is 17.0. The molecule has 0 aromatic heterocycles. The van der Waals surface area contributed by atoms with Gasteiger partial charge in [0, 0.05) is 17.2 Å². The molecule has 1 aromatic carbocycles. The average molecular weight is 318 g/mol. The minimum Gasteiger partial charge on any atom is -0.366 e. The second kappa shape index (κ2) is 7.59. The Morgan fingerprint density at radius 1 is 1.22 bits per heavy atom. The van der Waals surface area contributed by atoms with Crippen LogP contribution >= 0.6 is 0 Å². The van der Waals surface area contributed by atoms with Crippen LogP contribution in [0.15, 0.2) is 24.3 Å². The molecule has 0 bridgehead atoms. The zero-order valence-electron chi connectivity index (χ0n) is 14.2. The number of nitrogens with one attached hydrogen (secondary N) is 1. The maximum Gasteiger partial charge on any atom is 0.282 e. The van der Waals surface area contributed by atoms with Crippen molar-refractivity contribution >= 4 is 17.5 Å². The third-order valence-corrected chi connectivity index (χ3v) is 5.16. The van der Waals surface area contributed by atoms with Crippen molar-refractivity contribution in [2.75, 3.05) is 5.32 Å². The van der Waals surface area contributed by atoms with Gasteiger partial charge >= 0.3 is 0 Å². The predicted octanol–water partition coefficient (Wildman–Crippen LogP) is 1.50. The maximum absolute atomic E-state index is 12.4. The lowest BCUT2D eigenvalue weighted by atomic mass is 9.78. The summed E-state index contributed by atoms with van der Waals surface area (Å²) in [6.45, 7) is 6.53. The van der Waals surface area contributed by atoms with Crippen LogP contribution in [0.1, 0.15) is 50.4 Å². The maximum atomic E-state index is 12.4. The van der Waals surface area contributed by atoms with Crippen LogP contribution in [-0.4, -0.2) is 23.9 Å². The molecule has 5 N–H and O–H groups in total. The van der Waals surface area contributed by atoms with E-state index in [1.54, 1.807) is 24.3 Å². The predicted molar refractivity (Wildman–Crippen MR) is 90.9 cm³/mol. The lowest BCUT2D eigenvalue weighted by Gasteiger charge is -2.33. The quantitative estimate of drug-likeness (QED) is 0.768. The fourth-order valence-electron chi connectivity index (χ4n) is 3.33.